The van der Waals surface area contributed by atoms with Crippen molar-refractivity contribution in [2.24, 2.45) is 11.8 Å². The molecular weight excluding hydrogens is 570 g/mol. The highest BCUT2D eigenvalue weighted by atomic mass is 32.2. The number of carbonyl (C=O) groups excluding carboxylic acids is 3. The van der Waals surface area contributed by atoms with Gasteiger partial charge in [-0.15, -0.1) is 24.9 Å². The molecule has 8 heteroatoms. The molecule has 3 amide bonds. The van der Waals surface area contributed by atoms with Crippen molar-refractivity contribution in [1.82, 2.24) is 4.90 Å². The van der Waals surface area contributed by atoms with Gasteiger partial charge < -0.3 is 19.8 Å². The second kappa shape index (κ2) is 11.6. The predicted molar refractivity (Wildman–Crippen MR) is 178 cm³/mol. The Morgan fingerprint density at radius 2 is 1.59 bits per heavy atom. The van der Waals surface area contributed by atoms with E-state index in [1.807, 2.05) is 72.8 Å². The number of nitrogens with zero attached hydrogens (tertiary/aromatic N) is 3. The summed E-state index contributed by atoms with van der Waals surface area (Å²) in [5, 5.41) is 12.4. The molecule has 44 heavy (non-hydrogen) atoms. The number of anilines is 2. The van der Waals surface area contributed by atoms with Gasteiger partial charge in [0, 0.05) is 29.2 Å². The van der Waals surface area contributed by atoms with Gasteiger partial charge in [-0.25, -0.2) is 0 Å². The molecule has 3 fully saturated rings. The van der Waals surface area contributed by atoms with Crippen molar-refractivity contribution in [2.45, 2.75) is 48.3 Å². The standard InChI is InChI=1S/C36H39N3O4S/c1-5-20-37(27-14-8-7-9-15-27)32(41)29-30-33(42)39(24(3)23-40)31(36(30)19-18-35(29,4)44-36)34(43)38(21-6-2)28-17-16-25-12-10-11-13-26(25)22-28/h5-17,22,24,29-31,40H,1-2,18-21,23H2,3-4H3/t24-,29+,30+,31?,35-,36?/m1/s1. The molecule has 228 valence electrons. The van der Waals surface area contributed by atoms with E-state index in [0.717, 1.165) is 22.1 Å². The minimum Gasteiger partial charge on any atom is -0.394 e. The lowest BCUT2D eigenvalue weighted by Gasteiger charge is -2.39. The third kappa shape index (κ3) is 4.58. The first kappa shape index (κ1) is 30.2. The van der Waals surface area contributed by atoms with Crippen LogP contribution in [0.5, 0.6) is 0 Å². The third-order valence-electron chi connectivity index (χ3n) is 9.72. The number of hydrogen-bond acceptors (Lipinski definition) is 5. The van der Waals surface area contributed by atoms with Crippen LogP contribution in [0.1, 0.15) is 26.7 Å². The first-order valence-corrected chi connectivity index (χ1v) is 16.0. The fourth-order valence-electron chi connectivity index (χ4n) is 7.75. The minimum atomic E-state index is -0.845. The zero-order valence-corrected chi connectivity index (χ0v) is 26.1. The van der Waals surface area contributed by atoms with Gasteiger partial charge in [0.25, 0.3) is 5.91 Å². The van der Waals surface area contributed by atoms with Crippen LogP contribution < -0.4 is 9.80 Å². The van der Waals surface area contributed by atoms with Crippen LogP contribution in [0.2, 0.25) is 0 Å². The Hall–Kier alpha value is -3.88. The SMILES string of the molecule is C=CCN(C(=O)C1N([C@H](C)CO)C(=O)[C@@H]2[C@@H](C(=O)N(CC=C)c3ccccc3)[C@@]3(C)CCC12S3)c1ccc2ccccc2c1. The fourth-order valence-corrected chi connectivity index (χ4v) is 10.1. The van der Waals surface area contributed by atoms with Crippen LogP contribution in [-0.4, -0.2) is 69.0 Å². The molecule has 6 rings (SSSR count). The predicted octanol–water partition coefficient (Wildman–Crippen LogP) is 5.44. The first-order valence-electron chi connectivity index (χ1n) is 15.2. The number of aliphatic hydroxyl groups excluding tert-OH is 1. The Morgan fingerprint density at radius 3 is 2.25 bits per heavy atom. The van der Waals surface area contributed by atoms with Gasteiger partial charge in [0.05, 0.1) is 29.2 Å². The van der Waals surface area contributed by atoms with Gasteiger partial charge in [0.15, 0.2) is 0 Å². The number of likely N-dealkylation sites (tertiary alicyclic amines) is 1. The van der Waals surface area contributed by atoms with Crippen LogP contribution in [0.25, 0.3) is 10.8 Å². The maximum atomic E-state index is 14.9. The molecule has 6 atom stereocenters. The smallest absolute Gasteiger partial charge is 0.251 e. The van der Waals surface area contributed by atoms with Gasteiger partial charge >= 0.3 is 0 Å². The summed E-state index contributed by atoms with van der Waals surface area (Å²) in [4.78, 5) is 49.0. The van der Waals surface area contributed by atoms with Crippen molar-refractivity contribution >= 4 is 51.6 Å². The number of benzene rings is 3. The lowest BCUT2D eigenvalue weighted by molar-refractivity contribution is -0.142. The molecule has 3 saturated heterocycles. The molecule has 1 spiro atoms. The molecule has 0 radical (unpaired) electrons. The summed E-state index contributed by atoms with van der Waals surface area (Å²) in [7, 11) is 0. The van der Waals surface area contributed by atoms with Crippen molar-refractivity contribution < 1.29 is 19.5 Å². The van der Waals surface area contributed by atoms with E-state index in [9.17, 15) is 19.5 Å². The molecule has 1 N–H and O–H groups in total. The van der Waals surface area contributed by atoms with E-state index < -0.39 is 33.4 Å². The van der Waals surface area contributed by atoms with Crippen LogP contribution in [0.4, 0.5) is 11.4 Å². The molecule has 3 aromatic carbocycles. The summed E-state index contributed by atoms with van der Waals surface area (Å²) in [6, 6.07) is 21.9. The molecule has 0 saturated carbocycles. The average Bonchev–Trinajstić information content (AvgIpc) is 3.62. The van der Waals surface area contributed by atoms with Gasteiger partial charge in [0.2, 0.25) is 11.8 Å². The van der Waals surface area contributed by atoms with Crippen molar-refractivity contribution in [3.8, 4) is 0 Å². The molecule has 0 aromatic heterocycles. The summed E-state index contributed by atoms with van der Waals surface area (Å²) < 4.78 is -1.33. The first-order chi connectivity index (χ1) is 21.2. The highest BCUT2D eigenvalue weighted by Crippen LogP contribution is 2.72. The van der Waals surface area contributed by atoms with E-state index in [-0.39, 0.29) is 30.9 Å². The quantitative estimate of drug-likeness (QED) is 0.310. The van der Waals surface area contributed by atoms with Crippen LogP contribution in [-0.2, 0) is 14.4 Å². The molecular formula is C36H39N3O4S. The Balaban J connectivity index is 1.44. The summed E-state index contributed by atoms with van der Waals surface area (Å²) in [6.07, 6.45) is 4.73. The molecule has 3 aromatic rings. The molecule has 3 aliphatic rings. The zero-order chi connectivity index (χ0) is 31.2. The van der Waals surface area contributed by atoms with Gasteiger partial charge in [-0.05, 0) is 61.7 Å². The third-order valence-corrected chi connectivity index (χ3v) is 11.7. The van der Waals surface area contributed by atoms with Crippen LogP contribution in [0.15, 0.2) is 98.1 Å². The number of rotatable bonds is 10. The van der Waals surface area contributed by atoms with Gasteiger partial charge in [-0.3, -0.25) is 14.4 Å². The monoisotopic (exact) mass is 609 g/mol. The maximum Gasteiger partial charge on any atom is 0.251 e. The number of para-hydroxylation sites is 1. The van der Waals surface area contributed by atoms with Crippen LogP contribution >= 0.6 is 11.8 Å². The molecule has 2 bridgehead atoms. The van der Waals surface area contributed by atoms with Crippen molar-refractivity contribution in [3.63, 3.8) is 0 Å². The minimum absolute atomic E-state index is 0.131. The normalized spacial score (nSPS) is 27.7. The Labute approximate surface area is 263 Å². The Kier molecular flexibility index (Phi) is 7.92. The zero-order valence-electron chi connectivity index (χ0n) is 25.3. The van der Waals surface area contributed by atoms with Crippen LogP contribution in [0, 0.1) is 11.8 Å². The Bertz CT molecular complexity index is 1630. The summed E-state index contributed by atoms with van der Waals surface area (Å²) in [6.45, 7) is 11.9. The average molecular weight is 610 g/mol. The lowest BCUT2D eigenvalue weighted by atomic mass is 9.66. The van der Waals surface area contributed by atoms with Gasteiger partial charge in [-0.1, -0.05) is 60.7 Å². The molecule has 2 unspecified atom stereocenters. The van der Waals surface area contributed by atoms with Crippen LogP contribution in [0.3, 0.4) is 0 Å². The van der Waals surface area contributed by atoms with Gasteiger partial charge in [0.1, 0.15) is 6.04 Å². The number of fused-ring (bicyclic) bond motifs is 2. The van der Waals surface area contributed by atoms with E-state index >= 15 is 0 Å². The Morgan fingerprint density at radius 1 is 0.955 bits per heavy atom. The summed E-state index contributed by atoms with van der Waals surface area (Å²) >= 11 is 1.63. The number of carbonyl (C=O) groups is 3. The number of thioether (sulfide) groups is 1. The fraction of sp³-hybridized carbons (Fsp3) is 0.361. The van der Waals surface area contributed by atoms with Crippen molar-refractivity contribution in [1.29, 1.82) is 0 Å². The second-order valence-corrected chi connectivity index (χ2v) is 14.2. The van der Waals surface area contributed by atoms with Crippen molar-refractivity contribution in [2.75, 3.05) is 29.5 Å². The topological polar surface area (TPSA) is 81.2 Å². The summed E-state index contributed by atoms with van der Waals surface area (Å²) in [5.41, 5.74) is 1.46. The largest absolute Gasteiger partial charge is 0.394 e. The number of amides is 3. The number of aliphatic hydroxyl groups is 1. The second-order valence-electron chi connectivity index (χ2n) is 12.3. The highest BCUT2D eigenvalue weighted by molar-refractivity contribution is 8.02. The lowest BCUT2D eigenvalue weighted by Crippen LogP contribution is -2.57. The maximum absolute atomic E-state index is 14.9. The molecule has 7 nitrogen and oxygen atoms in total. The molecule has 3 aliphatic heterocycles. The van der Waals surface area contributed by atoms with E-state index in [1.165, 1.54) is 0 Å². The highest BCUT2D eigenvalue weighted by Gasteiger charge is 2.78. The van der Waals surface area contributed by atoms with Gasteiger partial charge in [-0.2, -0.15) is 0 Å². The van der Waals surface area contributed by atoms with Crippen molar-refractivity contribution in [3.05, 3.63) is 98.1 Å². The molecule has 3 heterocycles. The van der Waals surface area contributed by atoms with E-state index in [0.29, 0.717) is 19.4 Å². The van der Waals surface area contributed by atoms with E-state index in [1.54, 1.807) is 45.5 Å². The van der Waals surface area contributed by atoms with E-state index in [4.69, 9.17) is 0 Å². The molecule has 0 aliphatic carbocycles. The van der Waals surface area contributed by atoms with E-state index in [2.05, 4.69) is 20.1 Å². The number of hydrogen-bond donors (Lipinski definition) is 1. The summed E-state index contributed by atoms with van der Waals surface area (Å²) in [5.74, 6) is -1.91.